The maximum Gasteiger partial charge on any atom is 0.246 e. The van der Waals surface area contributed by atoms with Gasteiger partial charge in [0.15, 0.2) is 0 Å². The summed E-state index contributed by atoms with van der Waals surface area (Å²) in [6.45, 7) is 4.18. The van der Waals surface area contributed by atoms with Gasteiger partial charge >= 0.3 is 0 Å². The summed E-state index contributed by atoms with van der Waals surface area (Å²) in [5.74, 6) is 0.999. The number of fused-ring (bicyclic) bond motifs is 1. The molecule has 0 spiro atoms. The Morgan fingerprint density at radius 3 is 2.75 bits per heavy atom. The van der Waals surface area contributed by atoms with Gasteiger partial charge in [0.1, 0.15) is 11.3 Å². The largest absolute Gasteiger partial charge is 0.460 e. The highest BCUT2D eigenvalue weighted by molar-refractivity contribution is 5.96. The minimum atomic E-state index is 0.0666. The average Bonchev–Trinajstić information content (AvgIpc) is 2.97. The van der Waals surface area contributed by atoms with Crippen LogP contribution in [0.15, 0.2) is 34.8 Å². The smallest absolute Gasteiger partial charge is 0.246 e. The van der Waals surface area contributed by atoms with Crippen molar-refractivity contribution in [2.24, 2.45) is 0 Å². The molecule has 0 atom stereocenters. The first kappa shape index (κ1) is 16.8. The highest BCUT2D eigenvalue weighted by Gasteiger charge is 2.22. The molecule has 2 heterocycles. The highest BCUT2D eigenvalue weighted by atomic mass is 16.3. The fourth-order valence-electron chi connectivity index (χ4n) is 3.40. The lowest BCUT2D eigenvalue weighted by atomic mass is 10.0. The number of amides is 1. The first-order valence-corrected chi connectivity index (χ1v) is 8.74. The molecule has 1 aromatic heterocycles. The second-order valence-electron chi connectivity index (χ2n) is 6.61. The van der Waals surface area contributed by atoms with Crippen LogP contribution in [0, 0.1) is 0 Å². The van der Waals surface area contributed by atoms with E-state index in [1.807, 2.05) is 42.3 Å². The van der Waals surface area contributed by atoms with Crippen molar-refractivity contribution in [2.75, 3.05) is 27.2 Å². The second kappa shape index (κ2) is 7.22. The number of furan rings is 1. The van der Waals surface area contributed by atoms with Gasteiger partial charge in [-0.1, -0.05) is 25.1 Å². The lowest BCUT2D eigenvalue weighted by Gasteiger charge is -2.34. The monoisotopic (exact) mass is 326 g/mol. The Morgan fingerprint density at radius 2 is 2.04 bits per heavy atom. The molecule has 4 nitrogen and oxygen atoms in total. The number of likely N-dealkylation sites (N-methyl/N-ethyl adjacent to an activating group) is 1. The van der Waals surface area contributed by atoms with E-state index < -0.39 is 0 Å². The number of nitrogens with zero attached hydrogens (tertiary/aromatic N) is 2. The van der Waals surface area contributed by atoms with Gasteiger partial charge in [-0.2, -0.15) is 0 Å². The summed E-state index contributed by atoms with van der Waals surface area (Å²) in [6.07, 6.45) is 6.50. The third-order valence-electron chi connectivity index (χ3n) is 5.01. The number of rotatable bonds is 4. The van der Waals surface area contributed by atoms with Crippen LogP contribution in [0.1, 0.15) is 31.1 Å². The van der Waals surface area contributed by atoms with Gasteiger partial charge in [0.25, 0.3) is 0 Å². The lowest BCUT2D eigenvalue weighted by Crippen LogP contribution is -2.43. The van der Waals surface area contributed by atoms with Crippen molar-refractivity contribution in [3.05, 3.63) is 41.7 Å². The molecule has 24 heavy (non-hydrogen) atoms. The van der Waals surface area contributed by atoms with E-state index in [4.69, 9.17) is 4.42 Å². The topological polar surface area (TPSA) is 36.7 Å². The summed E-state index contributed by atoms with van der Waals surface area (Å²) >= 11 is 0. The highest BCUT2D eigenvalue weighted by Crippen LogP contribution is 2.27. The van der Waals surface area contributed by atoms with Gasteiger partial charge < -0.3 is 14.2 Å². The molecule has 0 aliphatic carbocycles. The van der Waals surface area contributed by atoms with Crippen LogP contribution in [-0.2, 0) is 11.2 Å². The zero-order valence-electron chi connectivity index (χ0n) is 14.8. The van der Waals surface area contributed by atoms with E-state index >= 15 is 0 Å². The number of carbonyl (C=O) groups excluding carboxylic acids is 1. The molecule has 128 valence electrons. The average molecular weight is 326 g/mol. The number of benzene rings is 1. The lowest BCUT2D eigenvalue weighted by molar-refractivity contribution is -0.127. The fourth-order valence-corrected chi connectivity index (χ4v) is 3.40. The van der Waals surface area contributed by atoms with Crippen molar-refractivity contribution < 1.29 is 9.21 Å². The van der Waals surface area contributed by atoms with E-state index in [-0.39, 0.29) is 5.91 Å². The van der Waals surface area contributed by atoms with Crippen LogP contribution >= 0.6 is 0 Å². The Hall–Kier alpha value is -2.07. The number of piperidine rings is 1. The molecule has 4 heteroatoms. The van der Waals surface area contributed by atoms with Crippen molar-refractivity contribution in [1.82, 2.24) is 9.80 Å². The van der Waals surface area contributed by atoms with Gasteiger partial charge in [0.2, 0.25) is 5.91 Å². The summed E-state index contributed by atoms with van der Waals surface area (Å²) in [6, 6.07) is 8.32. The molecule has 1 aliphatic rings. The Bertz CT molecular complexity index is 739. The first-order valence-electron chi connectivity index (χ1n) is 8.74. The molecule has 3 rings (SSSR count). The quantitative estimate of drug-likeness (QED) is 0.806. The van der Waals surface area contributed by atoms with E-state index in [1.165, 1.54) is 0 Å². The van der Waals surface area contributed by atoms with E-state index in [0.29, 0.717) is 6.04 Å². The van der Waals surface area contributed by atoms with E-state index in [1.54, 1.807) is 6.08 Å². The molecule has 0 radical (unpaired) electrons. The van der Waals surface area contributed by atoms with E-state index in [2.05, 4.69) is 18.9 Å². The van der Waals surface area contributed by atoms with Crippen LogP contribution in [0.25, 0.3) is 17.0 Å². The SMILES string of the molecule is CCc1oc2ccccc2c1C=CC(=O)N(C)C1CCN(C)CC1. The molecular weight excluding hydrogens is 300 g/mol. The Balaban J connectivity index is 1.76. The number of para-hydroxylation sites is 1. The summed E-state index contributed by atoms with van der Waals surface area (Å²) in [5.41, 5.74) is 1.91. The molecule has 1 saturated heterocycles. The van der Waals surface area contributed by atoms with Crippen LogP contribution in [0.2, 0.25) is 0 Å². The van der Waals surface area contributed by atoms with Crippen LogP contribution in [0.3, 0.4) is 0 Å². The molecule has 0 saturated carbocycles. The molecule has 2 aromatic rings. The predicted molar refractivity (Wildman–Crippen MR) is 97.9 cm³/mol. The second-order valence-corrected chi connectivity index (χ2v) is 6.61. The number of hydrogen-bond donors (Lipinski definition) is 0. The van der Waals surface area contributed by atoms with Gasteiger partial charge in [-0.05, 0) is 45.1 Å². The van der Waals surface area contributed by atoms with Gasteiger partial charge in [-0.3, -0.25) is 4.79 Å². The third-order valence-corrected chi connectivity index (χ3v) is 5.01. The molecule has 1 aliphatic heterocycles. The summed E-state index contributed by atoms with van der Waals surface area (Å²) in [5, 5.41) is 1.07. The third kappa shape index (κ3) is 3.39. The number of aryl methyl sites for hydroxylation is 1. The predicted octanol–water partition coefficient (Wildman–Crippen LogP) is 3.56. The number of likely N-dealkylation sites (tertiary alicyclic amines) is 1. The summed E-state index contributed by atoms with van der Waals surface area (Å²) < 4.78 is 5.89. The molecule has 1 fully saturated rings. The Morgan fingerprint density at radius 1 is 1.33 bits per heavy atom. The Labute approximate surface area is 143 Å². The van der Waals surface area contributed by atoms with Crippen molar-refractivity contribution in [3.63, 3.8) is 0 Å². The Kier molecular flexibility index (Phi) is 5.05. The van der Waals surface area contributed by atoms with Crippen LogP contribution in [0.5, 0.6) is 0 Å². The zero-order valence-corrected chi connectivity index (χ0v) is 14.8. The number of hydrogen-bond acceptors (Lipinski definition) is 3. The molecule has 0 unspecified atom stereocenters. The minimum Gasteiger partial charge on any atom is -0.460 e. The standard InChI is InChI=1S/C20H26N2O2/c1-4-18-17(16-7-5-6-8-19(16)24-18)9-10-20(23)22(3)15-11-13-21(2)14-12-15/h5-10,15H,4,11-14H2,1-3H3. The zero-order chi connectivity index (χ0) is 17.1. The maximum absolute atomic E-state index is 12.5. The number of carbonyl (C=O) groups is 1. The first-order chi connectivity index (χ1) is 11.6. The maximum atomic E-state index is 12.5. The van der Waals surface area contributed by atoms with Crippen LogP contribution in [-0.4, -0.2) is 48.9 Å². The fraction of sp³-hybridized carbons (Fsp3) is 0.450. The van der Waals surface area contributed by atoms with Crippen LogP contribution < -0.4 is 0 Å². The van der Waals surface area contributed by atoms with Crippen LogP contribution in [0.4, 0.5) is 0 Å². The van der Waals surface area contributed by atoms with E-state index in [0.717, 1.165) is 54.6 Å². The van der Waals surface area contributed by atoms with Gasteiger partial charge in [-0.25, -0.2) is 0 Å². The minimum absolute atomic E-state index is 0.0666. The van der Waals surface area contributed by atoms with Gasteiger partial charge in [0.05, 0.1) is 0 Å². The molecule has 0 bridgehead atoms. The molecular formula is C20H26N2O2. The van der Waals surface area contributed by atoms with Gasteiger partial charge in [0, 0.05) is 36.5 Å². The van der Waals surface area contributed by atoms with Crippen molar-refractivity contribution in [1.29, 1.82) is 0 Å². The summed E-state index contributed by atoms with van der Waals surface area (Å²) in [4.78, 5) is 16.8. The summed E-state index contributed by atoms with van der Waals surface area (Å²) in [7, 11) is 4.05. The molecule has 1 aromatic carbocycles. The van der Waals surface area contributed by atoms with E-state index in [9.17, 15) is 4.79 Å². The van der Waals surface area contributed by atoms with Crippen molar-refractivity contribution in [2.45, 2.75) is 32.2 Å². The molecule has 0 N–H and O–H groups in total. The van der Waals surface area contributed by atoms with Crippen molar-refractivity contribution in [3.8, 4) is 0 Å². The molecule has 1 amide bonds. The normalized spacial score (nSPS) is 17.0. The van der Waals surface area contributed by atoms with Gasteiger partial charge in [-0.15, -0.1) is 0 Å². The van der Waals surface area contributed by atoms with Crippen molar-refractivity contribution >= 4 is 23.0 Å².